The van der Waals surface area contributed by atoms with Crippen molar-refractivity contribution in [3.63, 3.8) is 0 Å². The highest BCUT2D eigenvalue weighted by atomic mass is 32.1. The molecule has 1 aliphatic heterocycles. The molecule has 0 aromatic carbocycles. The summed E-state index contributed by atoms with van der Waals surface area (Å²) in [6.07, 6.45) is 5.03. The van der Waals surface area contributed by atoms with E-state index in [2.05, 4.69) is 10.3 Å². The molecule has 0 bridgehead atoms. The number of hydrogen-bond acceptors (Lipinski definition) is 5. The fourth-order valence-corrected chi connectivity index (χ4v) is 3.88. The van der Waals surface area contributed by atoms with Crippen molar-refractivity contribution in [1.82, 2.24) is 15.2 Å². The summed E-state index contributed by atoms with van der Waals surface area (Å²) in [4.78, 5) is 19.9. The number of likely N-dealkylation sites (tertiary alicyclic amines) is 1. The molecular weight excluding hydrogens is 326 g/mol. The van der Waals surface area contributed by atoms with Gasteiger partial charge in [0.1, 0.15) is 16.9 Å². The first-order valence-electron chi connectivity index (χ1n) is 8.25. The van der Waals surface area contributed by atoms with Crippen LogP contribution < -0.4 is 5.32 Å². The summed E-state index contributed by atoms with van der Waals surface area (Å²) >= 11 is 1.59. The van der Waals surface area contributed by atoms with Crippen LogP contribution in [0.4, 0.5) is 4.79 Å². The van der Waals surface area contributed by atoms with Crippen LogP contribution in [-0.4, -0.2) is 33.6 Å². The molecule has 24 heavy (non-hydrogen) atoms. The Morgan fingerprint density at radius 1 is 1.62 bits per heavy atom. The zero-order chi connectivity index (χ0) is 17.1. The minimum absolute atomic E-state index is 0.0235. The van der Waals surface area contributed by atoms with E-state index < -0.39 is 6.10 Å². The normalized spacial score (nSPS) is 20.1. The monoisotopic (exact) mass is 349 g/mol. The Hall–Kier alpha value is -1.86. The van der Waals surface area contributed by atoms with Crippen molar-refractivity contribution in [2.75, 3.05) is 6.54 Å². The number of rotatable bonds is 5. The fourth-order valence-electron chi connectivity index (χ4n) is 3.11. The van der Waals surface area contributed by atoms with Crippen molar-refractivity contribution in [2.24, 2.45) is 0 Å². The van der Waals surface area contributed by atoms with Crippen molar-refractivity contribution < 1.29 is 14.3 Å². The lowest BCUT2D eigenvalue weighted by atomic mass is 10.1. The van der Waals surface area contributed by atoms with E-state index in [4.69, 9.17) is 4.42 Å². The number of aliphatic hydroxyl groups excluding tert-OH is 1. The minimum Gasteiger partial charge on any atom is -0.467 e. The molecule has 7 heteroatoms. The van der Waals surface area contributed by atoms with Gasteiger partial charge in [0.2, 0.25) is 0 Å². The maximum absolute atomic E-state index is 12.6. The smallest absolute Gasteiger partial charge is 0.318 e. The topological polar surface area (TPSA) is 78.6 Å². The second-order valence-corrected chi connectivity index (χ2v) is 7.50. The lowest BCUT2D eigenvalue weighted by Crippen LogP contribution is -2.44. The molecule has 0 aliphatic carbocycles. The van der Waals surface area contributed by atoms with Gasteiger partial charge in [-0.2, -0.15) is 0 Å². The Labute approximate surface area is 145 Å². The number of aryl methyl sites for hydroxylation is 1. The van der Waals surface area contributed by atoms with Gasteiger partial charge in [-0.25, -0.2) is 9.78 Å². The summed E-state index contributed by atoms with van der Waals surface area (Å²) in [6.45, 7) is 4.66. The average Bonchev–Trinajstić information content (AvgIpc) is 3.28. The van der Waals surface area contributed by atoms with E-state index in [-0.39, 0.29) is 18.1 Å². The van der Waals surface area contributed by atoms with E-state index in [1.807, 2.05) is 24.9 Å². The van der Waals surface area contributed by atoms with Crippen LogP contribution in [0, 0.1) is 6.92 Å². The highest BCUT2D eigenvalue weighted by Crippen LogP contribution is 2.28. The standard InChI is InChI=1S/C17H23N3O3S/c1-11-10-18-16(24-11)12(2)19-17(22)20-7-3-5-13(20)9-14(21)15-6-4-8-23-15/h4,6,8,10,12-14,21H,3,5,7,9H2,1-2H3,(H,19,22). The molecular formula is C17H23N3O3S. The number of furan rings is 1. The van der Waals surface area contributed by atoms with Gasteiger partial charge in [-0.05, 0) is 38.8 Å². The van der Waals surface area contributed by atoms with E-state index in [0.717, 1.165) is 22.7 Å². The summed E-state index contributed by atoms with van der Waals surface area (Å²) < 4.78 is 5.25. The zero-order valence-electron chi connectivity index (χ0n) is 13.9. The van der Waals surface area contributed by atoms with Gasteiger partial charge >= 0.3 is 6.03 Å². The Morgan fingerprint density at radius 3 is 3.12 bits per heavy atom. The number of hydrogen-bond donors (Lipinski definition) is 2. The maximum Gasteiger partial charge on any atom is 0.318 e. The average molecular weight is 349 g/mol. The van der Waals surface area contributed by atoms with E-state index in [1.54, 1.807) is 29.7 Å². The van der Waals surface area contributed by atoms with Crippen LogP contribution in [0.2, 0.25) is 0 Å². The number of carbonyl (C=O) groups excluding carboxylic acids is 1. The first kappa shape index (κ1) is 17.0. The van der Waals surface area contributed by atoms with Crippen LogP contribution in [0.15, 0.2) is 29.0 Å². The largest absolute Gasteiger partial charge is 0.467 e. The van der Waals surface area contributed by atoms with Crippen LogP contribution >= 0.6 is 11.3 Å². The molecule has 0 radical (unpaired) electrons. The molecule has 2 amide bonds. The van der Waals surface area contributed by atoms with Crippen molar-refractivity contribution in [2.45, 2.75) is 51.3 Å². The van der Waals surface area contributed by atoms with E-state index >= 15 is 0 Å². The maximum atomic E-state index is 12.6. The Morgan fingerprint density at radius 2 is 2.46 bits per heavy atom. The second-order valence-electron chi connectivity index (χ2n) is 6.24. The van der Waals surface area contributed by atoms with Gasteiger partial charge in [0.25, 0.3) is 0 Å². The summed E-state index contributed by atoms with van der Waals surface area (Å²) in [5, 5.41) is 14.2. The van der Waals surface area contributed by atoms with Crippen LogP contribution in [0.25, 0.3) is 0 Å². The molecule has 2 aromatic heterocycles. The van der Waals surface area contributed by atoms with Gasteiger partial charge in [0.05, 0.1) is 12.3 Å². The van der Waals surface area contributed by atoms with Gasteiger partial charge in [-0.1, -0.05) is 0 Å². The number of nitrogens with one attached hydrogen (secondary N) is 1. The third kappa shape index (κ3) is 3.79. The number of aromatic nitrogens is 1. The van der Waals surface area contributed by atoms with Gasteiger partial charge in [0.15, 0.2) is 0 Å². The molecule has 3 unspecified atom stereocenters. The summed E-state index contributed by atoms with van der Waals surface area (Å²) in [5.41, 5.74) is 0. The number of amides is 2. The van der Waals surface area contributed by atoms with Crippen molar-refractivity contribution in [3.05, 3.63) is 40.2 Å². The Bertz CT molecular complexity index is 670. The molecule has 3 heterocycles. The first-order chi connectivity index (χ1) is 11.5. The lowest BCUT2D eigenvalue weighted by Gasteiger charge is -2.27. The zero-order valence-corrected chi connectivity index (χ0v) is 14.8. The highest BCUT2D eigenvalue weighted by Gasteiger charge is 2.32. The van der Waals surface area contributed by atoms with Crippen LogP contribution in [-0.2, 0) is 0 Å². The molecule has 1 saturated heterocycles. The second kappa shape index (κ2) is 7.36. The molecule has 0 spiro atoms. The molecule has 1 fully saturated rings. The highest BCUT2D eigenvalue weighted by molar-refractivity contribution is 7.11. The molecule has 130 valence electrons. The predicted octanol–water partition coefficient (Wildman–Crippen LogP) is 3.40. The Balaban J connectivity index is 1.59. The summed E-state index contributed by atoms with van der Waals surface area (Å²) in [6, 6.07) is 3.33. The van der Waals surface area contributed by atoms with Gasteiger partial charge in [-0.15, -0.1) is 11.3 Å². The SMILES string of the molecule is Cc1cnc(C(C)NC(=O)N2CCCC2CC(O)c2ccco2)s1. The molecule has 6 nitrogen and oxygen atoms in total. The molecule has 2 N–H and O–H groups in total. The third-order valence-electron chi connectivity index (χ3n) is 4.35. The fraction of sp³-hybridized carbons (Fsp3) is 0.529. The van der Waals surface area contributed by atoms with Gasteiger partial charge in [0, 0.05) is 30.1 Å². The minimum atomic E-state index is -0.683. The quantitative estimate of drug-likeness (QED) is 0.867. The number of nitrogens with zero attached hydrogens (tertiary/aromatic N) is 2. The summed E-state index contributed by atoms with van der Waals surface area (Å²) in [5.74, 6) is 0.550. The number of urea groups is 1. The molecule has 0 saturated carbocycles. The van der Waals surface area contributed by atoms with Crippen LogP contribution in [0.3, 0.4) is 0 Å². The molecule has 3 rings (SSSR count). The van der Waals surface area contributed by atoms with Crippen LogP contribution in [0.5, 0.6) is 0 Å². The first-order valence-corrected chi connectivity index (χ1v) is 9.07. The number of thiazole rings is 1. The van der Waals surface area contributed by atoms with Crippen molar-refractivity contribution in [1.29, 1.82) is 0 Å². The van der Waals surface area contributed by atoms with E-state index in [9.17, 15) is 9.90 Å². The molecule has 3 atom stereocenters. The molecule has 2 aromatic rings. The van der Waals surface area contributed by atoms with Gasteiger partial charge < -0.3 is 19.7 Å². The third-order valence-corrected chi connectivity index (χ3v) is 5.45. The lowest BCUT2D eigenvalue weighted by molar-refractivity contribution is 0.107. The predicted molar refractivity (Wildman–Crippen MR) is 91.8 cm³/mol. The van der Waals surface area contributed by atoms with Gasteiger partial charge in [-0.3, -0.25) is 0 Å². The van der Waals surface area contributed by atoms with E-state index in [0.29, 0.717) is 18.7 Å². The Kier molecular flexibility index (Phi) is 5.20. The van der Waals surface area contributed by atoms with Crippen LogP contribution in [0.1, 0.15) is 54.0 Å². The number of carbonyl (C=O) groups is 1. The molecule has 1 aliphatic rings. The number of aliphatic hydroxyl groups is 1. The van der Waals surface area contributed by atoms with Crippen molar-refractivity contribution >= 4 is 17.4 Å². The van der Waals surface area contributed by atoms with Crippen molar-refractivity contribution in [3.8, 4) is 0 Å². The summed E-state index contributed by atoms with van der Waals surface area (Å²) in [7, 11) is 0. The van der Waals surface area contributed by atoms with E-state index in [1.165, 1.54) is 0 Å².